The van der Waals surface area contributed by atoms with E-state index in [9.17, 15) is 0 Å². The second kappa shape index (κ2) is 5.44. The van der Waals surface area contributed by atoms with Crippen molar-refractivity contribution in [3.63, 3.8) is 0 Å². The van der Waals surface area contributed by atoms with E-state index >= 15 is 0 Å². The molecule has 2 aromatic rings. The SMILES string of the molecule is CCc1nc(C)cc(NCc2cccnc2N)n1. The van der Waals surface area contributed by atoms with Crippen molar-refractivity contribution in [2.45, 2.75) is 26.8 Å². The summed E-state index contributed by atoms with van der Waals surface area (Å²) in [5.74, 6) is 2.21. The maximum atomic E-state index is 5.79. The molecule has 0 spiro atoms. The van der Waals surface area contributed by atoms with Crippen LogP contribution >= 0.6 is 0 Å². The number of nitrogens with one attached hydrogen (secondary N) is 1. The molecule has 5 nitrogen and oxygen atoms in total. The van der Waals surface area contributed by atoms with Gasteiger partial charge in [0.15, 0.2) is 0 Å². The molecule has 18 heavy (non-hydrogen) atoms. The number of nitrogens with two attached hydrogens (primary N) is 1. The van der Waals surface area contributed by atoms with Gasteiger partial charge in [-0.25, -0.2) is 15.0 Å². The van der Waals surface area contributed by atoms with Gasteiger partial charge in [-0.05, 0) is 13.0 Å². The molecule has 0 amide bonds. The van der Waals surface area contributed by atoms with E-state index in [0.29, 0.717) is 12.4 Å². The third kappa shape index (κ3) is 2.94. The lowest BCUT2D eigenvalue weighted by Crippen LogP contribution is -2.07. The molecule has 0 unspecified atom stereocenters. The van der Waals surface area contributed by atoms with Crippen LogP contribution in [0, 0.1) is 6.92 Å². The molecule has 2 rings (SSSR count). The Morgan fingerprint density at radius 1 is 1.33 bits per heavy atom. The summed E-state index contributed by atoms with van der Waals surface area (Å²) in [7, 11) is 0. The number of rotatable bonds is 4. The minimum absolute atomic E-state index is 0.548. The molecule has 94 valence electrons. The van der Waals surface area contributed by atoms with Crippen LogP contribution in [0.15, 0.2) is 24.4 Å². The van der Waals surface area contributed by atoms with Crippen molar-refractivity contribution in [2.24, 2.45) is 0 Å². The fourth-order valence-corrected chi connectivity index (χ4v) is 1.66. The number of nitrogens with zero attached hydrogens (tertiary/aromatic N) is 3. The fraction of sp³-hybridized carbons (Fsp3) is 0.308. The molecule has 2 heterocycles. The summed E-state index contributed by atoms with van der Waals surface area (Å²) in [6, 6.07) is 5.74. The van der Waals surface area contributed by atoms with E-state index in [1.165, 1.54) is 0 Å². The average molecular weight is 243 g/mol. The summed E-state index contributed by atoms with van der Waals surface area (Å²) in [4.78, 5) is 12.8. The van der Waals surface area contributed by atoms with Gasteiger partial charge < -0.3 is 11.1 Å². The molecule has 3 N–H and O–H groups in total. The molecule has 0 saturated heterocycles. The third-order valence-corrected chi connectivity index (χ3v) is 2.60. The largest absolute Gasteiger partial charge is 0.383 e. The fourth-order valence-electron chi connectivity index (χ4n) is 1.66. The molecule has 0 aliphatic heterocycles. The summed E-state index contributed by atoms with van der Waals surface area (Å²) in [5, 5.41) is 3.25. The topological polar surface area (TPSA) is 76.7 Å². The minimum atomic E-state index is 0.548. The van der Waals surface area contributed by atoms with Gasteiger partial charge in [0.1, 0.15) is 17.5 Å². The molecule has 0 bridgehead atoms. The Hall–Kier alpha value is -2.17. The number of hydrogen-bond acceptors (Lipinski definition) is 5. The highest BCUT2D eigenvalue weighted by molar-refractivity contribution is 5.43. The van der Waals surface area contributed by atoms with Crippen LogP contribution in [0.3, 0.4) is 0 Å². The zero-order valence-corrected chi connectivity index (χ0v) is 10.6. The van der Waals surface area contributed by atoms with Gasteiger partial charge in [-0.15, -0.1) is 0 Å². The Morgan fingerprint density at radius 3 is 2.89 bits per heavy atom. The summed E-state index contributed by atoms with van der Waals surface area (Å²) >= 11 is 0. The van der Waals surface area contributed by atoms with Crippen LogP contribution in [0.5, 0.6) is 0 Å². The van der Waals surface area contributed by atoms with E-state index in [1.807, 2.05) is 32.0 Å². The second-order valence-corrected chi connectivity index (χ2v) is 4.07. The second-order valence-electron chi connectivity index (χ2n) is 4.07. The smallest absolute Gasteiger partial charge is 0.130 e. The van der Waals surface area contributed by atoms with Gasteiger partial charge in [-0.1, -0.05) is 13.0 Å². The van der Waals surface area contributed by atoms with Crippen molar-refractivity contribution in [2.75, 3.05) is 11.1 Å². The Balaban J connectivity index is 2.11. The predicted molar refractivity (Wildman–Crippen MR) is 72.1 cm³/mol. The van der Waals surface area contributed by atoms with Gasteiger partial charge in [-0.2, -0.15) is 0 Å². The van der Waals surface area contributed by atoms with Crippen LogP contribution in [0.1, 0.15) is 24.0 Å². The van der Waals surface area contributed by atoms with E-state index in [2.05, 4.69) is 20.3 Å². The summed E-state index contributed by atoms with van der Waals surface area (Å²) in [6.45, 7) is 4.61. The summed E-state index contributed by atoms with van der Waals surface area (Å²) in [6.07, 6.45) is 2.51. The van der Waals surface area contributed by atoms with Crippen LogP contribution in [0.2, 0.25) is 0 Å². The Labute approximate surface area is 106 Å². The number of pyridine rings is 1. The number of aryl methyl sites for hydroxylation is 2. The third-order valence-electron chi connectivity index (χ3n) is 2.60. The number of anilines is 2. The quantitative estimate of drug-likeness (QED) is 0.858. The first-order valence-electron chi connectivity index (χ1n) is 5.97. The maximum absolute atomic E-state index is 5.79. The van der Waals surface area contributed by atoms with Crippen LogP contribution in [0.25, 0.3) is 0 Å². The van der Waals surface area contributed by atoms with Crippen molar-refractivity contribution >= 4 is 11.6 Å². The molecule has 0 radical (unpaired) electrons. The molecule has 2 aromatic heterocycles. The van der Waals surface area contributed by atoms with E-state index in [0.717, 1.165) is 29.3 Å². The summed E-state index contributed by atoms with van der Waals surface area (Å²) in [5.41, 5.74) is 7.71. The molecule has 0 fully saturated rings. The van der Waals surface area contributed by atoms with Gasteiger partial charge in [0.05, 0.1) is 0 Å². The van der Waals surface area contributed by atoms with Crippen molar-refractivity contribution in [1.29, 1.82) is 0 Å². The van der Waals surface area contributed by atoms with E-state index < -0.39 is 0 Å². The van der Waals surface area contributed by atoms with E-state index in [1.54, 1.807) is 6.20 Å². The summed E-state index contributed by atoms with van der Waals surface area (Å²) < 4.78 is 0. The lowest BCUT2D eigenvalue weighted by Gasteiger charge is -2.09. The van der Waals surface area contributed by atoms with E-state index in [-0.39, 0.29) is 0 Å². The van der Waals surface area contributed by atoms with Gasteiger partial charge in [-0.3, -0.25) is 0 Å². The van der Waals surface area contributed by atoms with Crippen molar-refractivity contribution in [3.05, 3.63) is 41.5 Å². The zero-order chi connectivity index (χ0) is 13.0. The van der Waals surface area contributed by atoms with Crippen molar-refractivity contribution in [1.82, 2.24) is 15.0 Å². The molecular formula is C13H17N5. The van der Waals surface area contributed by atoms with Gasteiger partial charge in [0.2, 0.25) is 0 Å². The zero-order valence-electron chi connectivity index (χ0n) is 10.6. The van der Waals surface area contributed by atoms with Crippen molar-refractivity contribution in [3.8, 4) is 0 Å². The van der Waals surface area contributed by atoms with Crippen molar-refractivity contribution < 1.29 is 0 Å². The monoisotopic (exact) mass is 243 g/mol. The molecule has 5 heteroatoms. The van der Waals surface area contributed by atoms with E-state index in [4.69, 9.17) is 5.73 Å². The highest BCUT2D eigenvalue weighted by Gasteiger charge is 2.02. The number of aromatic nitrogens is 3. The first kappa shape index (κ1) is 12.3. The predicted octanol–water partition coefficient (Wildman–Crippen LogP) is 1.94. The Bertz CT molecular complexity index is 539. The highest BCUT2D eigenvalue weighted by Crippen LogP contribution is 2.11. The lowest BCUT2D eigenvalue weighted by molar-refractivity contribution is 0.912. The van der Waals surface area contributed by atoms with Crippen LogP contribution in [-0.4, -0.2) is 15.0 Å². The van der Waals surface area contributed by atoms with Gasteiger partial charge in [0.25, 0.3) is 0 Å². The van der Waals surface area contributed by atoms with Crippen LogP contribution in [-0.2, 0) is 13.0 Å². The standard InChI is InChI=1S/C13H17N5/c1-3-11-17-9(2)7-12(18-11)16-8-10-5-4-6-15-13(10)14/h4-7H,3,8H2,1-2H3,(H2,14,15)(H,16,17,18). The lowest BCUT2D eigenvalue weighted by atomic mass is 10.2. The molecule has 0 atom stereocenters. The highest BCUT2D eigenvalue weighted by atomic mass is 15.0. The van der Waals surface area contributed by atoms with Gasteiger partial charge in [0, 0.05) is 36.5 Å². The maximum Gasteiger partial charge on any atom is 0.130 e. The minimum Gasteiger partial charge on any atom is -0.383 e. The van der Waals surface area contributed by atoms with Gasteiger partial charge >= 0.3 is 0 Å². The molecular weight excluding hydrogens is 226 g/mol. The Morgan fingerprint density at radius 2 is 2.17 bits per heavy atom. The van der Waals surface area contributed by atoms with Crippen LogP contribution in [0.4, 0.5) is 11.6 Å². The number of hydrogen-bond donors (Lipinski definition) is 2. The molecule has 0 aliphatic carbocycles. The first-order valence-corrected chi connectivity index (χ1v) is 5.97. The average Bonchev–Trinajstić information content (AvgIpc) is 2.37. The number of nitrogen functional groups attached to an aromatic ring is 1. The molecule has 0 aromatic carbocycles. The Kier molecular flexibility index (Phi) is 3.72. The normalized spacial score (nSPS) is 10.3. The van der Waals surface area contributed by atoms with Crippen LogP contribution < -0.4 is 11.1 Å². The molecule has 0 aliphatic rings. The molecule has 0 saturated carbocycles. The first-order chi connectivity index (χ1) is 8.69.